The van der Waals surface area contributed by atoms with Gasteiger partial charge in [0.15, 0.2) is 6.61 Å². The van der Waals surface area contributed by atoms with Gasteiger partial charge in [0.25, 0.3) is 0 Å². The largest absolute Gasteiger partial charge is 0.383 e. The van der Waals surface area contributed by atoms with E-state index in [0.29, 0.717) is 0 Å². The summed E-state index contributed by atoms with van der Waals surface area (Å²) in [6, 6.07) is 0. The Balaban J connectivity index is 2.98. The van der Waals surface area contributed by atoms with Crippen LogP contribution < -0.4 is 0 Å². The minimum atomic E-state index is 0.260. The van der Waals surface area contributed by atoms with Crippen LogP contribution in [0.2, 0.25) is 0 Å². The average molecular weight is 157 g/mol. The van der Waals surface area contributed by atoms with Crippen LogP contribution in [0.5, 0.6) is 0 Å². The molecule has 0 spiro atoms. The maximum absolute atomic E-state index is 4.92. The van der Waals surface area contributed by atoms with Crippen molar-refractivity contribution in [2.24, 2.45) is 5.16 Å². The van der Waals surface area contributed by atoms with Crippen molar-refractivity contribution in [3.05, 3.63) is 0 Å². The Morgan fingerprint density at radius 3 is 3.20 bits per heavy atom. The van der Waals surface area contributed by atoms with Gasteiger partial charge in [0.2, 0.25) is 0 Å². The second kappa shape index (κ2) is 8.38. The van der Waals surface area contributed by atoms with Gasteiger partial charge in [-0.05, 0) is 18.4 Å². The van der Waals surface area contributed by atoms with Gasteiger partial charge in [-0.1, -0.05) is 11.1 Å². The fraction of sp³-hybridized carbons (Fsp3) is 0.571. The predicted molar refractivity (Wildman–Crippen MR) is 46.3 cm³/mol. The molecule has 0 saturated heterocycles. The van der Waals surface area contributed by atoms with Crippen molar-refractivity contribution in [1.29, 1.82) is 0 Å². The van der Waals surface area contributed by atoms with Gasteiger partial charge in [0.1, 0.15) is 0 Å². The van der Waals surface area contributed by atoms with E-state index >= 15 is 0 Å². The quantitative estimate of drug-likeness (QED) is 0.260. The molecule has 0 unspecified atom stereocenters. The molecule has 0 aromatic rings. The summed E-state index contributed by atoms with van der Waals surface area (Å²) < 4.78 is 0. The molecule has 0 atom stereocenters. The summed E-state index contributed by atoms with van der Waals surface area (Å²) in [6.07, 6.45) is 9.63. The van der Waals surface area contributed by atoms with E-state index in [1.807, 2.05) is 0 Å². The lowest BCUT2D eigenvalue weighted by Crippen LogP contribution is -1.84. The van der Waals surface area contributed by atoms with Crippen molar-refractivity contribution < 1.29 is 4.84 Å². The number of hydrogen-bond donors (Lipinski definition) is 0. The Kier molecular flexibility index (Phi) is 7.86. The molecule has 2 nitrogen and oxygen atoms in total. The summed E-state index contributed by atoms with van der Waals surface area (Å²) in [6.45, 7) is 0.260. The number of thioether (sulfide) groups is 1. The fourth-order valence-electron chi connectivity index (χ4n) is 0.351. The first-order valence-electron chi connectivity index (χ1n) is 2.98. The van der Waals surface area contributed by atoms with Gasteiger partial charge in [-0.15, -0.1) is 6.42 Å². The van der Waals surface area contributed by atoms with Crippen LogP contribution in [0, 0.1) is 12.3 Å². The average Bonchev–Trinajstić information content (AvgIpc) is 1.97. The summed E-state index contributed by atoms with van der Waals surface area (Å²) in [4.78, 5) is 4.65. The molecule has 0 heterocycles. The maximum atomic E-state index is 4.92. The van der Waals surface area contributed by atoms with Crippen molar-refractivity contribution in [1.82, 2.24) is 0 Å². The van der Waals surface area contributed by atoms with Crippen molar-refractivity contribution in [3.63, 3.8) is 0 Å². The molecule has 0 radical (unpaired) electrons. The zero-order valence-corrected chi connectivity index (χ0v) is 6.86. The van der Waals surface area contributed by atoms with Gasteiger partial charge in [0.05, 0.1) is 0 Å². The highest BCUT2D eigenvalue weighted by molar-refractivity contribution is 7.98. The molecule has 0 aliphatic heterocycles. The highest BCUT2D eigenvalue weighted by Gasteiger charge is 1.78. The molecule has 0 N–H and O–H groups in total. The van der Waals surface area contributed by atoms with E-state index in [4.69, 9.17) is 6.42 Å². The number of hydrogen-bond acceptors (Lipinski definition) is 3. The summed E-state index contributed by atoms with van der Waals surface area (Å²) in [5.74, 6) is 3.39. The lowest BCUT2D eigenvalue weighted by Gasteiger charge is -1.89. The Morgan fingerprint density at radius 2 is 2.60 bits per heavy atom. The Bertz CT molecular complexity index is 128. The third-order valence-corrected chi connectivity index (χ3v) is 1.39. The molecule has 0 aromatic heterocycles. The van der Waals surface area contributed by atoms with Gasteiger partial charge in [-0.25, -0.2) is 0 Å². The van der Waals surface area contributed by atoms with Crippen LogP contribution in [0.4, 0.5) is 0 Å². The molecule has 0 saturated carbocycles. The van der Waals surface area contributed by atoms with Gasteiger partial charge >= 0.3 is 0 Å². The fourth-order valence-corrected chi connectivity index (χ4v) is 0.692. The number of terminal acetylenes is 1. The smallest absolute Gasteiger partial charge is 0.177 e. The molecule has 0 fully saturated rings. The van der Waals surface area contributed by atoms with Crippen LogP contribution >= 0.6 is 11.8 Å². The first-order valence-corrected chi connectivity index (χ1v) is 4.37. The maximum Gasteiger partial charge on any atom is 0.177 e. The normalized spacial score (nSPS) is 9.60. The summed E-state index contributed by atoms with van der Waals surface area (Å²) >= 11 is 1.78. The van der Waals surface area contributed by atoms with Crippen molar-refractivity contribution in [3.8, 4) is 12.3 Å². The zero-order chi connectivity index (χ0) is 7.66. The monoisotopic (exact) mass is 157 g/mol. The SMILES string of the molecule is C#CCO/N=C/CCSC. The predicted octanol–water partition coefficient (Wildman–Crippen LogP) is 1.38. The van der Waals surface area contributed by atoms with Gasteiger partial charge in [-0.3, -0.25) is 0 Å². The van der Waals surface area contributed by atoms with Crippen LogP contribution in [0.25, 0.3) is 0 Å². The van der Waals surface area contributed by atoms with E-state index < -0.39 is 0 Å². The summed E-state index contributed by atoms with van der Waals surface area (Å²) in [5, 5.41) is 3.62. The van der Waals surface area contributed by atoms with Crippen molar-refractivity contribution in [2.75, 3.05) is 18.6 Å². The Labute approximate surface area is 66.0 Å². The third kappa shape index (κ3) is 7.38. The standard InChI is InChI=1S/C7H11NOS/c1-3-6-9-8-5-4-7-10-2/h1,5H,4,6-7H2,2H3/b8-5+. The highest BCUT2D eigenvalue weighted by atomic mass is 32.2. The molecule has 10 heavy (non-hydrogen) atoms. The van der Waals surface area contributed by atoms with Crippen LogP contribution in [0.3, 0.4) is 0 Å². The highest BCUT2D eigenvalue weighted by Crippen LogP contribution is 1.92. The van der Waals surface area contributed by atoms with E-state index in [-0.39, 0.29) is 6.61 Å². The minimum Gasteiger partial charge on any atom is -0.383 e. The van der Waals surface area contributed by atoms with Gasteiger partial charge < -0.3 is 4.84 Å². The van der Waals surface area contributed by atoms with Crippen LogP contribution in [0.1, 0.15) is 6.42 Å². The van der Waals surface area contributed by atoms with Gasteiger partial charge in [-0.2, -0.15) is 11.8 Å². The van der Waals surface area contributed by atoms with Crippen molar-refractivity contribution in [2.45, 2.75) is 6.42 Å². The first-order chi connectivity index (χ1) is 4.91. The second-order valence-electron chi connectivity index (χ2n) is 1.55. The number of oxime groups is 1. The lowest BCUT2D eigenvalue weighted by atomic mass is 10.5. The summed E-state index contributed by atoms with van der Waals surface area (Å²) in [7, 11) is 0. The molecule has 3 heteroatoms. The molecular formula is C7H11NOS. The molecule has 0 aliphatic rings. The van der Waals surface area contributed by atoms with E-state index in [1.165, 1.54) is 0 Å². The van der Waals surface area contributed by atoms with E-state index in [2.05, 4.69) is 22.2 Å². The molecule has 0 aromatic carbocycles. The number of nitrogens with zero attached hydrogens (tertiary/aromatic N) is 1. The van der Waals surface area contributed by atoms with Gasteiger partial charge in [0, 0.05) is 6.21 Å². The zero-order valence-electron chi connectivity index (χ0n) is 6.04. The van der Waals surface area contributed by atoms with E-state index in [9.17, 15) is 0 Å². The second-order valence-corrected chi connectivity index (χ2v) is 2.53. The molecule has 0 rings (SSSR count). The lowest BCUT2D eigenvalue weighted by molar-refractivity contribution is 0.181. The molecule has 0 aliphatic carbocycles. The van der Waals surface area contributed by atoms with Crippen molar-refractivity contribution >= 4 is 18.0 Å². The van der Waals surface area contributed by atoms with E-state index in [0.717, 1.165) is 12.2 Å². The third-order valence-electron chi connectivity index (χ3n) is 0.748. The molecule has 0 bridgehead atoms. The van der Waals surface area contributed by atoms with Crippen LogP contribution in [-0.2, 0) is 4.84 Å². The molecular weight excluding hydrogens is 146 g/mol. The molecule has 0 amide bonds. The van der Waals surface area contributed by atoms with Crippen LogP contribution in [0.15, 0.2) is 5.16 Å². The topological polar surface area (TPSA) is 21.6 Å². The Morgan fingerprint density at radius 1 is 1.80 bits per heavy atom. The number of rotatable bonds is 5. The van der Waals surface area contributed by atoms with E-state index in [1.54, 1.807) is 18.0 Å². The Hall–Kier alpha value is -0.620. The van der Waals surface area contributed by atoms with Crippen LogP contribution in [-0.4, -0.2) is 24.8 Å². The molecule has 56 valence electrons. The summed E-state index contributed by atoms with van der Waals surface area (Å²) in [5.41, 5.74) is 0. The first kappa shape index (κ1) is 9.38. The minimum absolute atomic E-state index is 0.260.